The highest BCUT2D eigenvalue weighted by atomic mass is 15.3. The van der Waals surface area contributed by atoms with Gasteiger partial charge in [-0.2, -0.15) is 20.1 Å². The normalized spacial score (nSPS) is 14.9. The summed E-state index contributed by atoms with van der Waals surface area (Å²) < 4.78 is 0. The van der Waals surface area contributed by atoms with Gasteiger partial charge in [0.2, 0.25) is 11.9 Å². The van der Waals surface area contributed by atoms with Crippen LogP contribution in [0.3, 0.4) is 0 Å². The Balaban J connectivity index is 1.60. The van der Waals surface area contributed by atoms with Gasteiger partial charge in [0.25, 0.3) is 0 Å². The monoisotopic (exact) mass is 419 g/mol. The van der Waals surface area contributed by atoms with Gasteiger partial charge in [0.1, 0.15) is 0 Å². The molecule has 31 heavy (non-hydrogen) atoms. The van der Waals surface area contributed by atoms with Crippen molar-refractivity contribution in [3.8, 4) is 0 Å². The van der Waals surface area contributed by atoms with Crippen molar-refractivity contribution in [1.29, 1.82) is 0 Å². The number of anilines is 4. The second-order valence-corrected chi connectivity index (χ2v) is 7.99. The average Bonchev–Trinajstić information content (AvgIpc) is 3.17. The van der Waals surface area contributed by atoms with Crippen LogP contribution >= 0.6 is 0 Å². The van der Waals surface area contributed by atoms with Crippen LogP contribution in [0.1, 0.15) is 17.1 Å². The molecule has 3 aromatic rings. The predicted octanol–water partition coefficient (Wildman–Crippen LogP) is 2.63. The third-order valence-electron chi connectivity index (χ3n) is 5.21. The number of aromatic nitrogens is 5. The number of aromatic amines is 1. The molecule has 0 saturated carbocycles. The van der Waals surface area contributed by atoms with E-state index in [2.05, 4.69) is 71.5 Å². The van der Waals surface area contributed by atoms with Gasteiger partial charge in [-0.15, -0.1) is 0 Å². The van der Waals surface area contributed by atoms with Crippen molar-refractivity contribution < 1.29 is 0 Å². The molecule has 2 N–H and O–H groups in total. The number of H-pyrrole nitrogens is 1. The van der Waals surface area contributed by atoms with Crippen LogP contribution in [0.2, 0.25) is 0 Å². The Labute approximate surface area is 182 Å². The smallest absolute Gasteiger partial charge is 0.233 e. The highest BCUT2D eigenvalue weighted by Gasteiger charge is 2.18. The lowest BCUT2D eigenvalue weighted by Crippen LogP contribution is -2.45. The number of nitrogens with one attached hydrogen (secondary N) is 2. The van der Waals surface area contributed by atoms with Crippen molar-refractivity contribution in [2.24, 2.45) is 0 Å². The van der Waals surface area contributed by atoms with Crippen LogP contribution in [0.5, 0.6) is 0 Å². The lowest BCUT2D eigenvalue weighted by molar-refractivity contribution is 0.311. The van der Waals surface area contributed by atoms with Crippen LogP contribution in [0, 0.1) is 6.92 Å². The van der Waals surface area contributed by atoms with Crippen LogP contribution in [0.4, 0.5) is 23.4 Å². The second-order valence-electron chi connectivity index (χ2n) is 7.99. The zero-order valence-electron chi connectivity index (χ0n) is 18.5. The molecule has 0 unspecified atom stereocenters. The number of hydrogen-bond donors (Lipinski definition) is 2. The average molecular weight is 420 g/mol. The fraction of sp³-hybridized carbons (Fsp3) is 0.364. The summed E-state index contributed by atoms with van der Waals surface area (Å²) in [4.78, 5) is 20.5. The molecule has 0 atom stereocenters. The summed E-state index contributed by atoms with van der Waals surface area (Å²) in [5, 5.41) is 10.3. The van der Waals surface area contributed by atoms with Crippen LogP contribution in [0.25, 0.3) is 12.2 Å². The summed E-state index contributed by atoms with van der Waals surface area (Å²) in [5.41, 5.74) is 3.22. The number of benzene rings is 1. The zero-order chi connectivity index (χ0) is 21.8. The molecule has 4 rings (SSSR count). The Kier molecular flexibility index (Phi) is 6.13. The number of likely N-dealkylation sites (N-methyl/N-ethyl adjacent to an activating group) is 1. The molecule has 1 aliphatic rings. The van der Waals surface area contributed by atoms with Gasteiger partial charge < -0.3 is 20.0 Å². The lowest BCUT2D eigenvalue weighted by Gasteiger charge is -2.32. The van der Waals surface area contributed by atoms with Crippen molar-refractivity contribution in [3.63, 3.8) is 0 Å². The minimum absolute atomic E-state index is 0.484. The zero-order valence-corrected chi connectivity index (χ0v) is 18.5. The first-order chi connectivity index (χ1) is 15.0. The minimum Gasteiger partial charge on any atom is -0.378 e. The van der Waals surface area contributed by atoms with Gasteiger partial charge >= 0.3 is 0 Å². The van der Waals surface area contributed by atoms with Crippen molar-refractivity contribution >= 4 is 35.6 Å². The molecule has 3 heterocycles. The molecule has 1 fully saturated rings. The van der Waals surface area contributed by atoms with E-state index in [4.69, 9.17) is 4.98 Å². The minimum atomic E-state index is 0.484. The lowest BCUT2D eigenvalue weighted by atomic mass is 10.2. The van der Waals surface area contributed by atoms with Crippen LogP contribution in [-0.2, 0) is 0 Å². The van der Waals surface area contributed by atoms with Crippen molar-refractivity contribution in [3.05, 3.63) is 47.4 Å². The van der Waals surface area contributed by atoms with Crippen LogP contribution < -0.4 is 15.1 Å². The Morgan fingerprint density at radius 1 is 1.00 bits per heavy atom. The molecule has 9 nitrogen and oxygen atoms in total. The van der Waals surface area contributed by atoms with Gasteiger partial charge in [-0.25, -0.2) is 0 Å². The fourth-order valence-corrected chi connectivity index (χ4v) is 3.31. The fourth-order valence-electron chi connectivity index (χ4n) is 3.31. The maximum Gasteiger partial charge on any atom is 0.233 e. The maximum absolute atomic E-state index is 4.71. The first-order valence-electron chi connectivity index (χ1n) is 10.4. The summed E-state index contributed by atoms with van der Waals surface area (Å²) in [6, 6.07) is 10.3. The first kappa shape index (κ1) is 20.8. The molecular weight excluding hydrogens is 390 g/mol. The van der Waals surface area contributed by atoms with E-state index in [0.29, 0.717) is 23.5 Å². The number of aryl methyl sites for hydroxylation is 1. The van der Waals surface area contributed by atoms with Crippen LogP contribution in [0.15, 0.2) is 30.3 Å². The molecule has 0 aliphatic carbocycles. The van der Waals surface area contributed by atoms with Crippen molar-refractivity contribution in [1.82, 2.24) is 30.0 Å². The van der Waals surface area contributed by atoms with E-state index in [-0.39, 0.29) is 0 Å². The molecule has 0 spiro atoms. The molecule has 9 heteroatoms. The summed E-state index contributed by atoms with van der Waals surface area (Å²) >= 11 is 0. The van der Waals surface area contributed by atoms with Crippen molar-refractivity contribution in [2.45, 2.75) is 6.92 Å². The number of hydrogen-bond acceptors (Lipinski definition) is 8. The molecule has 0 amide bonds. The van der Waals surface area contributed by atoms with Gasteiger partial charge in [-0.05, 0) is 37.7 Å². The third-order valence-corrected chi connectivity index (χ3v) is 5.21. The topological polar surface area (TPSA) is 89.1 Å². The highest BCUT2D eigenvalue weighted by molar-refractivity contribution is 5.69. The van der Waals surface area contributed by atoms with E-state index < -0.39 is 0 Å². The number of rotatable bonds is 6. The SMILES string of the molecule is Cc1cc(Nc2nc(/C=C/c3ccc(N(C)C)cc3)nc(N3CCN(C)CC3)n2)n[nH]1. The van der Waals surface area contributed by atoms with Crippen molar-refractivity contribution in [2.75, 3.05) is 62.4 Å². The largest absolute Gasteiger partial charge is 0.378 e. The summed E-state index contributed by atoms with van der Waals surface area (Å²) in [6.45, 7) is 5.69. The summed E-state index contributed by atoms with van der Waals surface area (Å²) in [5.74, 6) is 2.45. The van der Waals surface area contributed by atoms with Gasteiger partial charge in [0.15, 0.2) is 11.6 Å². The second kappa shape index (κ2) is 9.13. The Bertz CT molecular complexity index is 1030. The molecule has 1 aromatic carbocycles. The van der Waals surface area contributed by atoms with Gasteiger partial charge in [0.05, 0.1) is 0 Å². The molecule has 0 bridgehead atoms. The molecule has 1 saturated heterocycles. The Morgan fingerprint density at radius 2 is 1.74 bits per heavy atom. The van der Waals surface area contributed by atoms with E-state index in [1.807, 2.05) is 39.2 Å². The van der Waals surface area contributed by atoms with E-state index >= 15 is 0 Å². The van der Waals surface area contributed by atoms with E-state index in [1.54, 1.807) is 0 Å². The quantitative estimate of drug-likeness (QED) is 0.630. The Hall–Kier alpha value is -3.46. The number of piperazine rings is 1. The Morgan fingerprint density at radius 3 is 2.39 bits per heavy atom. The molecule has 0 radical (unpaired) electrons. The molecule has 162 valence electrons. The van der Waals surface area contributed by atoms with Gasteiger partial charge in [0, 0.05) is 57.7 Å². The molecular formula is C22H29N9. The summed E-state index contributed by atoms with van der Waals surface area (Å²) in [6.07, 6.45) is 3.94. The summed E-state index contributed by atoms with van der Waals surface area (Å²) in [7, 11) is 6.20. The third kappa shape index (κ3) is 5.37. The first-order valence-corrected chi connectivity index (χ1v) is 10.4. The predicted molar refractivity (Wildman–Crippen MR) is 126 cm³/mol. The maximum atomic E-state index is 4.71. The van der Waals surface area contributed by atoms with E-state index in [9.17, 15) is 0 Å². The number of nitrogens with zero attached hydrogens (tertiary/aromatic N) is 7. The molecule has 1 aliphatic heterocycles. The van der Waals surface area contributed by atoms with Gasteiger partial charge in [-0.1, -0.05) is 18.2 Å². The van der Waals surface area contributed by atoms with Crippen LogP contribution in [-0.4, -0.2) is 77.4 Å². The highest BCUT2D eigenvalue weighted by Crippen LogP contribution is 2.18. The van der Waals surface area contributed by atoms with E-state index in [1.165, 1.54) is 0 Å². The van der Waals surface area contributed by atoms with Gasteiger partial charge in [-0.3, -0.25) is 5.10 Å². The standard InChI is InChI=1S/C22H29N9/c1-16-15-20(28-27-16)24-21-23-19(10-7-17-5-8-18(9-6-17)29(2)3)25-22(26-21)31-13-11-30(4)12-14-31/h5-10,15H,11-14H2,1-4H3,(H2,23,24,25,26,27,28)/b10-7+. The molecule has 2 aromatic heterocycles. The van der Waals surface area contributed by atoms with E-state index in [0.717, 1.165) is 43.1 Å².